The molecule has 94 valence electrons. The van der Waals surface area contributed by atoms with E-state index in [1.54, 1.807) is 5.56 Å². The van der Waals surface area contributed by atoms with Gasteiger partial charge in [0.05, 0.1) is 0 Å². The molecule has 3 rings (SSSR count). The summed E-state index contributed by atoms with van der Waals surface area (Å²) in [6.45, 7) is 2.41. The Kier molecular flexibility index (Phi) is 3.36. The fraction of sp³-hybridized carbons (Fsp3) is 0.444. The zero-order chi connectivity index (χ0) is 12.4. The standard InChI is InChI=1S/C18H22/c1-14-5-4-8-16(10-9-14)18-12-11-15-6-2-3-7-17(15)13-18/h2-3,6-7,11-14,16H,4-5,8-10H2,1H3. The summed E-state index contributed by atoms with van der Waals surface area (Å²) in [6, 6.07) is 15.8. The number of hydrogen-bond acceptors (Lipinski definition) is 0. The molecule has 0 bridgehead atoms. The normalized spacial score (nSPS) is 24.9. The van der Waals surface area contributed by atoms with Crippen LogP contribution in [0.15, 0.2) is 42.5 Å². The number of fused-ring (bicyclic) bond motifs is 1. The Morgan fingerprint density at radius 1 is 0.833 bits per heavy atom. The molecule has 0 radical (unpaired) electrons. The van der Waals surface area contributed by atoms with E-state index in [1.165, 1.54) is 42.9 Å². The lowest BCUT2D eigenvalue weighted by atomic mass is 9.90. The predicted molar refractivity (Wildman–Crippen MR) is 78.9 cm³/mol. The average Bonchev–Trinajstić information content (AvgIpc) is 2.63. The first-order chi connectivity index (χ1) is 8.83. The van der Waals surface area contributed by atoms with Gasteiger partial charge in [-0.25, -0.2) is 0 Å². The zero-order valence-electron chi connectivity index (χ0n) is 11.2. The Morgan fingerprint density at radius 3 is 2.56 bits per heavy atom. The lowest BCUT2D eigenvalue weighted by Crippen LogP contribution is -1.97. The van der Waals surface area contributed by atoms with Crippen molar-refractivity contribution in [3.63, 3.8) is 0 Å². The van der Waals surface area contributed by atoms with Crippen LogP contribution >= 0.6 is 0 Å². The molecule has 0 aliphatic heterocycles. The molecule has 1 saturated carbocycles. The predicted octanol–water partition coefficient (Wildman–Crippen LogP) is 5.52. The second kappa shape index (κ2) is 5.14. The summed E-state index contributed by atoms with van der Waals surface area (Å²) >= 11 is 0. The van der Waals surface area contributed by atoms with Gasteiger partial charge in [0.15, 0.2) is 0 Å². The van der Waals surface area contributed by atoms with Gasteiger partial charge in [0.2, 0.25) is 0 Å². The summed E-state index contributed by atoms with van der Waals surface area (Å²) in [5.74, 6) is 1.72. The third-order valence-corrected chi connectivity index (χ3v) is 4.50. The third-order valence-electron chi connectivity index (χ3n) is 4.50. The molecule has 0 nitrogen and oxygen atoms in total. The van der Waals surface area contributed by atoms with E-state index in [2.05, 4.69) is 49.4 Å². The number of hydrogen-bond donors (Lipinski definition) is 0. The van der Waals surface area contributed by atoms with Crippen molar-refractivity contribution in [1.29, 1.82) is 0 Å². The van der Waals surface area contributed by atoms with E-state index in [0.29, 0.717) is 0 Å². The molecule has 0 amide bonds. The van der Waals surface area contributed by atoms with E-state index in [0.717, 1.165) is 11.8 Å². The van der Waals surface area contributed by atoms with Gasteiger partial charge < -0.3 is 0 Å². The average molecular weight is 238 g/mol. The van der Waals surface area contributed by atoms with Gasteiger partial charge in [-0.05, 0) is 41.0 Å². The van der Waals surface area contributed by atoms with Crippen LogP contribution in [0.2, 0.25) is 0 Å². The van der Waals surface area contributed by atoms with Crippen molar-refractivity contribution >= 4 is 10.8 Å². The molecule has 2 aromatic rings. The molecule has 0 aromatic heterocycles. The van der Waals surface area contributed by atoms with Crippen molar-refractivity contribution in [1.82, 2.24) is 0 Å². The van der Waals surface area contributed by atoms with Crippen LogP contribution < -0.4 is 0 Å². The van der Waals surface area contributed by atoms with Crippen LogP contribution in [-0.4, -0.2) is 0 Å². The highest BCUT2D eigenvalue weighted by atomic mass is 14.2. The fourth-order valence-electron chi connectivity index (χ4n) is 3.28. The third kappa shape index (κ3) is 2.43. The van der Waals surface area contributed by atoms with Gasteiger partial charge in [0, 0.05) is 0 Å². The first kappa shape index (κ1) is 11.8. The van der Waals surface area contributed by atoms with Crippen molar-refractivity contribution < 1.29 is 0 Å². The molecule has 0 N–H and O–H groups in total. The first-order valence-electron chi connectivity index (χ1n) is 7.31. The maximum atomic E-state index is 2.41. The lowest BCUT2D eigenvalue weighted by Gasteiger charge is -2.15. The summed E-state index contributed by atoms with van der Waals surface area (Å²) in [7, 11) is 0. The van der Waals surface area contributed by atoms with Gasteiger partial charge in [-0.2, -0.15) is 0 Å². The van der Waals surface area contributed by atoms with Crippen molar-refractivity contribution in [3.8, 4) is 0 Å². The fourth-order valence-corrected chi connectivity index (χ4v) is 3.28. The molecule has 0 spiro atoms. The van der Waals surface area contributed by atoms with Crippen LogP contribution in [0.3, 0.4) is 0 Å². The Hall–Kier alpha value is -1.30. The minimum atomic E-state index is 0.791. The summed E-state index contributed by atoms with van der Waals surface area (Å²) in [5, 5.41) is 2.76. The van der Waals surface area contributed by atoms with Crippen LogP contribution in [-0.2, 0) is 0 Å². The second-order valence-corrected chi connectivity index (χ2v) is 5.92. The van der Waals surface area contributed by atoms with Crippen LogP contribution in [0.4, 0.5) is 0 Å². The highest BCUT2D eigenvalue weighted by Crippen LogP contribution is 2.34. The van der Waals surface area contributed by atoms with Gasteiger partial charge in [-0.1, -0.05) is 68.7 Å². The first-order valence-corrected chi connectivity index (χ1v) is 7.31. The van der Waals surface area contributed by atoms with Gasteiger partial charge in [0.1, 0.15) is 0 Å². The highest BCUT2D eigenvalue weighted by molar-refractivity contribution is 5.83. The molecule has 2 aromatic carbocycles. The Morgan fingerprint density at radius 2 is 1.67 bits per heavy atom. The van der Waals surface area contributed by atoms with E-state index in [1.807, 2.05) is 0 Å². The van der Waals surface area contributed by atoms with Crippen molar-refractivity contribution in [2.24, 2.45) is 5.92 Å². The molecule has 0 heteroatoms. The molecular formula is C18H22. The molecular weight excluding hydrogens is 216 g/mol. The van der Waals surface area contributed by atoms with E-state index in [9.17, 15) is 0 Å². The van der Waals surface area contributed by atoms with Crippen LogP contribution in [0.25, 0.3) is 10.8 Å². The molecule has 1 aliphatic rings. The van der Waals surface area contributed by atoms with Crippen LogP contribution in [0.1, 0.15) is 50.5 Å². The van der Waals surface area contributed by atoms with Gasteiger partial charge >= 0.3 is 0 Å². The lowest BCUT2D eigenvalue weighted by molar-refractivity contribution is 0.499. The highest BCUT2D eigenvalue weighted by Gasteiger charge is 2.17. The van der Waals surface area contributed by atoms with Crippen molar-refractivity contribution in [2.45, 2.75) is 44.9 Å². The molecule has 1 fully saturated rings. The van der Waals surface area contributed by atoms with Gasteiger partial charge in [0.25, 0.3) is 0 Å². The Bertz CT molecular complexity index is 526. The maximum absolute atomic E-state index is 2.41. The maximum Gasteiger partial charge on any atom is -0.0162 e. The summed E-state index contributed by atoms with van der Waals surface area (Å²) < 4.78 is 0. The summed E-state index contributed by atoms with van der Waals surface area (Å²) in [4.78, 5) is 0. The minimum absolute atomic E-state index is 0.791. The van der Waals surface area contributed by atoms with Crippen LogP contribution in [0, 0.1) is 5.92 Å². The van der Waals surface area contributed by atoms with Gasteiger partial charge in [-0.3, -0.25) is 0 Å². The smallest absolute Gasteiger partial charge is 0.0162 e. The quantitative estimate of drug-likeness (QED) is 0.573. The van der Waals surface area contributed by atoms with Crippen LogP contribution in [0.5, 0.6) is 0 Å². The molecule has 18 heavy (non-hydrogen) atoms. The molecule has 0 saturated heterocycles. The molecule has 1 aliphatic carbocycles. The molecule has 2 atom stereocenters. The molecule has 0 heterocycles. The monoisotopic (exact) mass is 238 g/mol. The van der Waals surface area contributed by atoms with E-state index < -0.39 is 0 Å². The number of benzene rings is 2. The zero-order valence-corrected chi connectivity index (χ0v) is 11.2. The minimum Gasteiger partial charge on any atom is -0.0625 e. The Balaban J connectivity index is 1.89. The van der Waals surface area contributed by atoms with E-state index >= 15 is 0 Å². The van der Waals surface area contributed by atoms with E-state index in [-0.39, 0.29) is 0 Å². The largest absolute Gasteiger partial charge is 0.0625 e. The topological polar surface area (TPSA) is 0 Å². The molecule has 2 unspecified atom stereocenters. The number of rotatable bonds is 1. The summed E-state index contributed by atoms with van der Waals surface area (Å²) in [5.41, 5.74) is 1.56. The van der Waals surface area contributed by atoms with Crippen molar-refractivity contribution in [3.05, 3.63) is 48.0 Å². The summed E-state index contributed by atoms with van der Waals surface area (Å²) in [6.07, 6.45) is 6.97. The van der Waals surface area contributed by atoms with Crippen molar-refractivity contribution in [2.75, 3.05) is 0 Å². The van der Waals surface area contributed by atoms with E-state index in [4.69, 9.17) is 0 Å². The Labute approximate surface area is 110 Å². The second-order valence-electron chi connectivity index (χ2n) is 5.92. The SMILES string of the molecule is CC1CCCC(c2ccc3ccccc3c2)CC1. The van der Waals surface area contributed by atoms with Gasteiger partial charge in [-0.15, -0.1) is 0 Å².